The van der Waals surface area contributed by atoms with Gasteiger partial charge < -0.3 is 10.5 Å². The van der Waals surface area contributed by atoms with Crippen molar-refractivity contribution in [3.05, 3.63) is 36.4 Å². The Bertz CT molecular complexity index is 148. The average molecular weight is 165 g/mol. The summed E-state index contributed by atoms with van der Waals surface area (Å²) in [5, 5.41) is 0. The molecule has 0 aliphatic carbocycles. The van der Waals surface area contributed by atoms with Crippen molar-refractivity contribution in [2.75, 3.05) is 6.54 Å². The van der Waals surface area contributed by atoms with Crippen LogP contribution in [0, 0.1) is 0 Å². The fourth-order valence-electron chi connectivity index (χ4n) is 0.586. The summed E-state index contributed by atoms with van der Waals surface area (Å²) in [6.07, 6.45) is 2.31. The summed E-state index contributed by atoms with van der Waals surface area (Å²) in [6, 6.07) is 12.0. The highest BCUT2D eigenvalue weighted by Crippen LogP contribution is 1.79. The van der Waals surface area contributed by atoms with Crippen molar-refractivity contribution in [2.24, 2.45) is 5.73 Å². The van der Waals surface area contributed by atoms with E-state index in [4.69, 9.17) is 5.73 Å². The van der Waals surface area contributed by atoms with E-state index in [-0.39, 0.29) is 0 Å². The second-order valence-corrected chi connectivity index (χ2v) is 2.25. The van der Waals surface area contributed by atoms with Gasteiger partial charge in [-0.05, 0) is 13.0 Å². The first-order chi connectivity index (χ1) is 5.91. The molecule has 0 heterocycles. The van der Waals surface area contributed by atoms with Gasteiger partial charge in [0.25, 0.3) is 0 Å². The lowest BCUT2D eigenvalue weighted by Gasteiger charge is -1.79. The van der Waals surface area contributed by atoms with Gasteiger partial charge in [0.1, 0.15) is 6.29 Å². The molecule has 0 atom stereocenters. The second kappa shape index (κ2) is 9.85. The summed E-state index contributed by atoms with van der Waals surface area (Å²) in [6.45, 7) is 0.624. The number of carbonyl (C=O) groups is 1. The zero-order valence-corrected chi connectivity index (χ0v) is 7.15. The van der Waals surface area contributed by atoms with E-state index in [2.05, 4.69) is 0 Å². The molecule has 0 saturated carbocycles. The minimum Gasteiger partial charge on any atom is -0.330 e. The van der Waals surface area contributed by atoms with E-state index in [0.717, 1.165) is 12.7 Å². The van der Waals surface area contributed by atoms with Crippen LogP contribution in [0.2, 0.25) is 0 Å². The number of nitrogens with two attached hydrogens (primary N) is 1. The second-order valence-electron chi connectivity index (χ2n) is 2.25. The van der Waals surface area contributed by atoms with Gasteiger partial charge in [-0.1, -0.05) is 36.4 Å². The Balaban J connectivity index is 0.000000202. The minimum atomic E-state index is 0.608. The van der Waals surface area contributed by atoms with Crippen LogP contribution in [-0.4, -0.2) is 12.8 Å². The van der Waals surface area contributed by atoms with Crippen molar-refractivity contribution in [3.63, 3.8) is 0 Å². The van der Waals surface area contributed by atoms with E-state index in [9.17, 15) is 4.79 Å². The Kier molecular flexibility index (Phi) is 8.91. The van der Waals surface area contributed by atoms with Gasteiger partial charge in [-0.25, -0.2) is 0 Å². The third-order valence-corrected chi connectivity index (χ3v) is 1.19. The van der Waals surface area contributed by atoms with Crippen LogP contribution >= 0.6 is 0 Å². The summed E-state index contributed by atoms with van der Waals surface area (Å²) in [4.78, 5) is 9.51. The third kappa shape index (κ3) is 8.85. The first-order valence-electron chi connectivity index (χ1n) is 4.05. The molecule has 0 aliphatic rings. The lowest BCUT2D eigenvalue weighted by atomic mass is 10.3. The van der Waals surface area contributed by atoms with Crippen LogP contribution in [0.4, 0.5) is 0 Å². The lowest BCUT2D eigenvalue weighted by molar-refractivity contribution is -0.107. The van der Waals surface area contributed by atoms with E-state index < -0.39 is 0 Å². The van der Waals surface area contributed by atoms with Crippen molar-refractivity contribution in [2.45, 2.75) is 12.8 Å². The molecule has 1 aromatic carbocycles. The molecule has 1 aromatic rings. The van der Waals surface area contributed by atoms with Crippen molar-refractivity contribution in [1.29, 1.82) is 0 Å². The molecule has 0 aromatic heterocycles. The van der Waals surface area contributed by atoms with E-state index in [1.54, 1.807) is 0 Å². The first-order valence-corrected chi connectivity index (χ1v) is 4.05. The average Bonchev–Trinajstić information content (AvgIpc) is 2.18. The predicted molar refractivity (Wildman–Crippen MR) is 50.8 cm³/mol. The number of unbranched alkanes of at least 4 members (excludes halogenated alkanes) is 1. The normalized spacial score (nSPS) is 8.08. The predicted octanol–water partition coefficient (Wildman–Crippen LogP) is 1.61. The Hall–Kier alpha value is -1.15. The number of aldehydes is 1. The minimum absolute atomic E-state index is 0.608. The van der Waals surface area contributed by atoms with E-state index >= 15 is 0 Å². The van der Waals surface area contributed by atoms with Gasteiger partial charge in [0.05, 0.1) is 0 Å². The maximum Gasteiger partial charge on any atom is 0.120 e. The molecule has 2 N–H and O–H groups in total. The molecule has 0 saturated heterocycles. The van der Waals surface area contributed by atoms with Crippen LogP contribution in [0.15, 0.2) is 36.4 Å². The maximum absolute atomic E-state index is 9.51. The van der Waals surface area contributed by atoms with Crippen molar-refractivity contribution in [1.82, 2.24) is 0 Å². The summed E-state index contributed by atoms with van der Waals surface area (Å²) < 4.78 is 0. The van der Waals surface area contributed by atoms with Crippen LogP contribution in [0.5, 0.6) is 0 Å². The largest absolute Gasteiger partial charge is 0.330 e. The molecule has 2 heteroatoms. The van der Waals surface area contributed by atoms with Gasteiger partial charge in [-0.2, -0.15) is 0 Å². The van der Waals surface area contributed by atoms with E-state index in [1.807, 2.05) is 36.4 Å². The van der Waals surface area contributed by atoms with Crippen molar-refractivity contribution in [3.8, 4) is 0 Å². The topological polar surface area (TPSA) is 43.1 Å². The SMILES string of the molecule is NCCCC=O.c1ccccc1. The molecular formula is C10H15NO. The highest BCUT2D eigenvalue weighted by atomic mass is 16.1. The van der Waals surface area contributed by atoms with Gasteiger partial charge in [0.15, 0.2) is 0 Å². The summed E-state index contributed by atoms with van der Waals surface area (Å²) >= 11 is 0. The van der Waals surface area contributed by atoms with Crippen molar-refractivity contribution >= 4 is 6.29 Å². The number of benzene rings is 1. The molecule has 0 amide bonds. The molecule has 0 aliphatic heterocycles. The highest BCUT2D eigenvalue weighted by Gasteiger charge is 1.74. The molecule has 66 valence electrons. The summed E-state index contributed by atoms with van der Waals surface area (Å²) in [7, 11) is 0. The molecular weight excluding hydrogens is 150 g/mol. The van der Waals surface area contributed by atoms with Gasteiger partial charge in [0.2, 0.25) is 0 Å². The Labute approximate surface area is 73.4 Å². The maximum atomic E-state index is 9.51. The number of hydrogen-bond acceptors (Lipinski definition) is 2. The Morgan fingerprint density at radius 2 is 1.42 bits per heavy atom. The zero-order valence-electron chi connectivity index (χ0n) is 7.15. The van der Waals surface area contributed by atoms with E-state index in [1.165, 1.54) is 0 Å². The molecule has 0 radical (unpaired) electrons. The standard InChI is InChI=1S/C6H6.C4H9NO/c1-2-4-6-5-3-1;5-3-1-2-4-6/h1-6H;4H,1-3,5H2. The quantitative estimate of drug-likeness (QED) is 0.546. The van der Waals surface area contributed by atoms with Crippen LogP contribution in [0.1, 0.15) is 12.8 Å². The summed E-state index contributed by atoms with van der Waals surface area (Å²) in [5.41, 5.74) is 5.06. The van der Waals surface area contributed by atoms with Gasteiger partial charge in [0, 0.05) is 6.42 Å². The smallest absolute Gasteiger partial charge is 0.120 e. The van der Waals surface area contributed by atoms with E-state index in [0.29, 0.717) is 13.0 Å². The molecule has 0 fully saturated rings. The molecule has 0 bridgehead atoms. The fourth-order valence-corrected chi connectivity index (χ4v) is 0.586. The fraction of sp³-hybridized carbons (Fsp3) is 0.300. The number of hydrogen-bond donors (Lipinski definition) is 1. The monoisotopic (exact) mass is 165 g/mol. The number of rotatable bonds is 3. The van der Waals surface area contributed by atoms with Gasteiger partial charge in [-0.15, -0.1) is 0 Å². The zero-order chi connectivity index (χ0) is 9.07. The first kappa shape index (κ1) is 10.8. The van der Waals surface area contributed by atoms with Crippen LogP contribution in [0.25, 0.3) is 0 Å². The molecule has 0 unspecified atom stereocenters. The Morgan fingerprint density at radius 1 is 1.00 bits per heavy atom. The molecule has 0 spiro atoms. The molecule has 12 heavy (non-hydrogen) atoms. The summed E-state index contributed by atoms with van der Waals surface area (Å²) in [5.74, 6) is 0. The molecule has 2 nitrogen and oxygen atoms in total. The van der Waals surface area contributed by atoms with Gasteiger partial charge >= 0.3 is 0 Å². The van der Waals surface area contributed by atoms with Crippen LogP contribution in [0.3, 0.4) is 0 Å². The van der Waals surface area contributed by atoms with Crippen LogP contribution in [-0.2, 0) is 4.79 Å². The Morgan fingerprint density at radius 3 is 1.58 bits per heavy atom. The van der Waals surface area contributed by atoms with Gasteiger partial charge in [-0.3, -0.25) is 0 Å². The van der Waals surface area contributed by atoms with Crippen molar-refractivity contribution < 1.29 is 4.79 Å². The molecule has 1 rings (SSSR count). The highest BCUT2D eigenvalue weighted by molar-refractivity contribution is 5.48. The lowest BCUT2D eigenvalue weighted by Crippen LogP contribution is -1.97. The number of carbonyl (C=O) groups excluding carboxylic acids is 1. The third-order valence-electron chi connectivity index (χ3n) is 1.19. The van der Waals surface area contributed by atoms with Crippen LogP contribution < -0.4 is 5.73 Å².